The Balaban J connectivity index is 0.00000541. The molecule has 0 radical (unpaired) electrons. The zero-order valence-electron chi connectivity index (χ0n) is 27.0. The summed E-state index contributed by atoms with van der Waals surface area (Å²) in [5.74, 6) is -5.31. The predicted molar refractivity (Wildman–Crippen MR) is 171 cm³/mol. The van der Waals surface area contributed by atoms with Gasteiger partial charge in [-0.15, -0.1) is 33.5 Å². The first kappa shape index (κ1) is 36.7. The third-order valence-electron chi connectivity index (χ3n) is 9.20. The number of aromatic nitrogens is 2. The van der Waals surface area contributed by atoms with Gasteiger partial charge in [-0.25, -0.2) is 0 Å². The third kappa shape index (κ3) is 6.76. The number of carbonyl (C=O) groups is 4. The van der Waals surface area contributed by atoms with E-state index in [9.17, 15) is 49.8 Å². The van der Waals surface area contributed by atoms with Gasteiger partial charge in [-0.2, -0.15) is 0 Å². The molecule has 3 aliphatic heterocycles. The van der Waals surface area contributed by atoms with Crippen LogP contribution >= 0.6 is 0 Å². The minimum absolute atomic E-state index is 0. The molecule has 2 atom stereocenters. The molecule has 8 bridgehead atoms. The molecule has 0 amide bonds. The Morgan fingerprint density at radius 1 is 0.612 bits per heavy atom. The van der Waals surface area contributed by atoms with Crippen molar-refractivity contribution in [2.45, 2.75) is 66.2 Å². The fraction of sp³-hybridized carbons (Fsp3) is 0.353. The second-order valence-electron chi connectivity index (χ2n) is 12.6. The fourth-order valence-corrected chi connectivity index (χ4v) is 6.35. The van der Waals surface area contributed by atoms with E-state index in [0.717, 1.165) is 0 Å². The molecule has 49 heavy (non-hydrogen) atoms. The summed E-state index contributed by atoms with van der Waals surface area (Å²) in [4.78, 5) is 56.6. The maximum atomic E-state index is 12.0. The van der Waals surface area contributed by atoms with Crippen LogP contribution in [-0.4, -0.2) is 54.5 Å². The number of aliphatic hydroxyl groups excluding tert-OH is 2. The number of nitrogens with zero attached hydrogens (tertiary/aromatic N) is 4. The molecule has 0 aromatic carbocycles. The van der Waals surface area contributed by atoms with E-state index in [4.69, 9.17) is 9.97 Å². The van der Waals surface area contributed by atoms with Crippen LogP contribution in [0, 0.1) is 24.7 Å². The van der Waals surface area contributed by atoms with Crippen molar-refractivity contribution in [3.8, 4) is 0 Å². The van der Waals surface area contributed by atoms with Gasteiger partial charge in [0.15, 0.2) is 0 Å². The number of hydrogen-bond acceptors (Lipinski definition) is 6. The summed E-state index contributed by atoms with van der Waals surface area (Å²) in [6.45, 7) is 6.43. The first-order chi connectivity index (χ1) is 22.4. The van der Waals surface area contributed by atoms with Crippen LogP contribution in [0.5, 0.6) is 0 Å². The van der Waals surface area contributed by atoms with Crippen molar-refractivity contribution in [2.75, 3.05) is 0 Å². The maximum Gasteiger partial charge on any atom is 4.00 e. The van der Waals surface area contributed by atoms with E-state index in [-0.39, 0.29) is 71.3 Å². The van der Waals surface area contributed by atoms with Crippen molar-refractivity contribution in [3.05, 3.63) is 95.4 Å². The van der Waals surface area contributed by atoms with Gasteiger partial charge in [-0.3, -0.25) is 19.2 Å². The molecule has 258 valence electrons. The van der Waals surface area contributed by atoms with Gasteiger partial charge in [-0.1, -0.05) is 58.0 Å². The Morgan fingerprint density at radius 3 is 1.61 bits per heavy atom. The zero-order valence-corrected chi connectivity index (χ0v) is 28.1. The second-order valence-corrected chi connectivity index (χ2v) is 12.6. The fourth-order valence-electron chi connectivity index (χ4n) is 6.35. The minimum Gasteiger partial charge on any atom is -0.658 e. The van der Waals surface area contributed by atoms with Crippen molar-refractivity contribution in [1.29, 1.82) is 0 Å². The summed E-state index contributed by atoms with van der Waals surface area (Å²) in [6.07, 6.45) is 4.54. The van der Waals surface area contributed by atoms with Crippen LogP contribution in [0.25, 0.3) is 28.9 Å². The first-order valence-electron chi connectivity index (χ1n) is 15.1. The van der Waals surface area contributed by atoms with Crippen molar-refractivity contribution in [3.63, 3.8) is 0 Å². The van der Waals surface area contributed by atoms with Gasteiger partial charge in [0.1, 0.15) is 0 Å². The number of aliphatic hydroxyl groups is 2. The van der Waals surface area contributed by atoms with E-state index in [0.29, 0.717) is 44.3 Å². The largest absolute Gasteiger partial charge is 4.00 e. The second kappa shape index (κ2) is 13.4. The Hall–Kier alpha value is -5.14. The van der Waals surface area contributed by atoms with Crippen LogP contribution in [0.3, 0.4) is 0 Å². The van der Waals surface area contributed by atoms with Gasteiger partial charge < -0.3 is 51.2 Å². The van der Waals surface area contributed by atoms with Gasteiger partial charge in [0.25, 0.3) is 0 Å². The molecule has 2 unspecified atom stereocenters. The summed E-state index contributed by atoms with van der Waals surface area (Å²) in [6, 6.07) is 0. The molecule has 0 aliphatic carbocycles. The molecule has 3 aliphatic rings. The third-order valence-corrected chi connectivity index (χ3v) is 9.20. The molecule has 14 nitrogen and oxygen atoms in total. The maximum absolute atomic E-state index is 12.0. The molecule has 2 aromatic heterocycles. The van der Waals surface area contributed by atoms with Gasteiger partial charge in [0.2, 0.25) is 0 Å². The van der Waals surface area contributed by atoms with E-state index >= 15 is 0 Å². The van der Waals surface area contributed by atoms with Crippen molar-refractivity contribution in [2.24, 2.45) is 10.8 Å². The molecule has 15 heteroatoms. The van der Waals surface area contributed by atoms with Gasteiger partial charge in [0.05, 0.1) is 24.4 Å². The van der Waals surface area contributed by atoms with E-state index in [1.807, 2.05) is 0 Å². The number of carboxylic acids is 4. The number of rotatable bonds is 10. The minimum atomic E-state index is -1.57. The molecule has 2 aromatic rings. The number of fused-ring (bicyclic) bond motifs is 8. The van der Waals surface area contributed by atoms with Gasteiger partial charge >= 0.3 is 40.9 Å². The van der Waals surface area contributed by atoms with Crippen LogP contribution < -0.4 is 20.7 Å². The summed E-state index contributed by atoms with van der Waals surface area (Å²) in [7, 11) is 0. The first-order valence-corrected chi connectivity index (χ1v) is 15.1. The molecular formula is C34H34FeN4O10. The Morgan fingerprint density at radius 2 is 1.10 bits per heavy atom. The van der Waals surface area contributed by atoms with E-state index in [2.05, 4.69) is 10.6 Å². The van der Waals surface area contributed by atoms with Crippen molar-refractivity contribution < 1.29 is 66.9 Å². The van der Waals surface area contributed by atoms with E-state index < -0.39 is 53.3 Å². The monoisotopic (exact) mass is 714 g/mol. The van der Waals surface area contributed by atoms with Crippen molar-refractivity contribution >= 4 is 42.1 Å². The normalized spacial score (nSPS) is 24.6. The SMILES string of the molecule is Cc1c2[n-]c(c1CCC(=O)O)/C=c1\[n-]/c(c(C)c1CCC(=O)O)=C\C1=C(O)C(C)(CC(=O)O)/C(=C/C3=C(O)C(C)(CC(=O)O)/C(=C/2)[N-]3)[N-]1.[Fe+4]. The zero-order chi connectivity index (χ0) is 35.3. The summed E-state index contributed by atoms with van der Waals surface area (Å²) >= 11 is 0. The van der Waals surface area contributed by atoms with Crippen LogP contribution in [-0.2, 0) is 49.1 Å². The van der Waals surface area contributed by atoms with Gasteiger partial charge in [0, 0.05) is 23.7 Å². The number of hydrogen-bond donors (Lipinski definition) is 6. The molecular weight excluding hydrogens is 680 g/mol. The molecule has 0 saturated heterocycles. The Bertz CT molecular complexity index is 2030. The Labute approximate surface area is 290 Å². The molecule has 5 rings (SSSR count). The van der Waals surface area contributed by atoms with Crippen LogP contribution in [0.2, 0.25) is 0 Å². The molecule has 6 N–H and O–H groups in total. The topological polar surface area (TPSA) is 246 Å². The summed E-state index contributed by atoms with van der Waals surface area (Å²) < 4.78 is 0. The molecule has 5 heterocycles. The van der Waals surface area contributed by atoms with Crippen LogP contribution in [0.4, 0.5) is 0 Å². The summed E-state index contributed by atoms with van der Waals surface area (Å²) in [5, 5.41) is 71.2. The quantitative estimate of drug-likeness (QED) is 0.194. The van der Waals surface area contributed by atoms with Crippen LogP contribution in [0.15, 0.2) is 40.4 Å². The smallest absolute Gasteiger partial charge is 0.658 e. The van der Waals surface area contributed by atoms with Gasteiger partial charge in [-0.05, 0) is 40.5 Å². The average molecular weight is 715 g/mol. The molecule has 0 saturated carbocycles. The van der Waals surface area contributed by atoms with Crippen molar-refractivity contribution in [1.82, 2.24) is 9.97 Å². The van der Waals surface area contributed by atoms with Crippen LogP contribution in [0.1, 0.15) is 73.2 Å². The standard InChI is InChI=1S/C34H34N4O10.Fe/c1-15-17(5-7-27(39)40)21-10-22-18(6-8-28(41)42)16(2)20(36-22)11-25-33(3,13-29(43)44)32(48)24(38-25)12-26-34(4,14-30(45)46)31(47)23(37-26)9-19(15)35-21;/h9-12,47-48H,5-8,13-14H2,1-4H3,(H,39,40)(H,41,42)(H,43,44)(H,45,46);/q-4;+4/b19-9-,21-10-,25-11-,26-12-;. The van der Waals surface area contributed by atoms with E-state index in [1.54, 1.807) is 19.9 Å². The molecule has 0 spiro atoms. The number of allylic oxidation sites excluding steroid dienone is 2. The number of carboxylic acid groups (broad SMARTS) is 4. The molecule has 0 fully saturated rings. The summed E-state index contributed by atoms with van der Waals surface area (Å²) in [5.41, 5.74) is 0.0460. The van der Waals surface area contributed by atoms with E-state index in [1.165, 1.54) is 32.1 Å². The Kier molecular flexibility index (Phi) is 10.0. The average Bonchev–Trinajstić information content (AvgIpc) is 3.58. The number of aliphatic carboxylic acids is 4. The predicted octanol–water partition coefficient (Wildman–Crippen LogP) is 3.37.